The van der Waals surface area contributed by atoms with Gasteiger partial charge < -0.3 is 9.47 Å². The molecular formula is C12H14N2O2. The van der Waals surface area contributed by atoms with Crippen LogP contribution in [0.2, 0.25) is 0 Å². The van der Waals surface area contributed by atoms with Gasteiger partial charge in [-0.05, 0) is 6.07 Å². The first-order valence-electron chi connectivity index (χ1n) is 4.99. The van der Waals surface area contributed by atoms with Crippen molar-refractivity contribution in [2.45, 2.75) is 6.41 Å². The third kappa shape index (κ3) is 1.98. The number of ether oxygens (including phenoxy) is 2. The summed E-state index contributed by atoms with van der Waals surface area (Å²) < 4.78 is 10.5. The molecule has 1 aliphatic heterocycles. The molecule has 4 heteroatoms. The molecule has 0 fully saturated rings. The van der Waals surface area contributed by atoms with E-state index in [1.54, 1.807) is 20.4 Å². The monoisotopic (exact) mass is 218 g/mol. The molecule has 0 atom stereocenters. The molecule has 1 heterocycles. The highest BCUT2D eigenvalue weighted by Crippen LogP contribution is 2.23. The van der Waals surface area contributed by atoms with Crippen LogP contribution in [0, 0.1) is 0 Å². The highest BCUT2D eigenvalue weighted by atomic mass is 16.7. The molecule has 0 aliphatic carbocycles. The molecule has 4 nitrogen and oxygen atoms in total. The number of hydrogen-bond donors (Lipinski definition) is 0. The third-order valence-corrected chi connectivity index (χ3v) is 2.37. The van der Waals surface area contributed by atoms with E-state index in [4.69, 9.17) is 9.47 Å². The topological polar surface area (TPSA) is 34.1 Å². The summed E-state index contributed by atoms with van der Waals surface area (Å²) in [7, 11) is 3.22. The molecule has 1 aromatic rings. The predicted molar refractivity (Wildman–Crippen MR) is 63.5 cm³/mol. The molecule has 84 valence electrons. The van der Waals surface area contributed by atoms with E-state index in [0.717, 1.165) is 11.3 Å². The molecule has 16 heavy (non-hydrogen) atoms. The second kappa shape index (κ2) is 4.92. The van der Waals surface area contributed by atoms with Gasteiger partial charge in [-0.15, -0.1) is 0 Å². The number of nitrogens with zero attached hydrogens (tertiary/aromatic N) is 2. The zero-order chi connectivity index (χ0) is 11.4. The summed E-state index contributed by atoms with van der Waals surface area (Å²) >= 11 is 0. The van der Waals surface area contributed by atoms with Crippen LogP contribution in [0.15, 0.2) is 41.7 Å². The van der Waals surface area contributed by atoms with Crippen molar-refractivity contribution < 1.29 is 9.47 Å². The number of hydrogen-bond acceptors (Lipinski definition) is 4. The van der Waals surface area contributed by atoms with Gasteiger partial charge in [0.1, 0.15) is 0 Å². The second-order valence-corrected chi connectivity index (χ2v) is 3.32. The molecule has 0 radical (unpaired) electrons. The van der Waals surface area contributed by atoms with Crippen LogP contribution in [0.1, 0.15) is 5.56 Å². The van der Waals surface area contributed by atoms with Crippen molar-refractivity contribution in [2.75, 3.05) is 19.1 Å². The third-order valence-electron chi connectivity index (χ3n) is 2.37. The number of fused-ring (bicyclic) bond motifs is 1. The number of aliphatic imine (C=N–C) groups is 1. The Morgan fingerprint density at radius 1 is 1.19 bits per heavy atom. The lowest BCUT2D eigenvalue weighted by molar-refractivity contribution is -0.0965. The minimum Gasteiger partial charge on any atom is -0.338 e. The first-order valence-corrected chi connectivity index (χ1v) is 4.99. The van der Waals surface area contributed by atoms with Gasteiger partial charge in [0.2, 0.25) is 6.41 Å². The Morgan fingerprint density at radius 3 is 2.69 bits per heavy atom. The number of benzene rings is 1. The Labute approximate surface area is 94.8 Å². The predicted octanol–water partition coefficient (Wildman–Crippen LogP) is 1.97. The van der Waals surface area contributed by atoms with Gasteiger partial charge >= 0.3 is 0 Å². The molecule has 0 spiro atoms. The Bertz CT molecular complexity index is 411. The number of methoxy groups -OCH3 is 2. The van der Waals surface area contributed by atoms with Crippen molar-refractivity contribution in [3.05, 3.63) is 42.2 Å². The maximum Gasteiger partial charge on any atom is 0.243 e. The smallest absolute Gasteiger partial charge is 0.243 e. The van der Waals surface area contributed by atoms with E-state index in [2.05, 4.69) is 4.99 Å². The SMILES string of the molecule is COC(OC)N1C=CN=Cc2ccccc21. The number of para-hydroxylation sites is 1. The summed E-state index contributed by atoms with van der Waals surface area (Å²) in [4.78, 5) is 6.05. The van der Waals surface area contributed by atoms with Crippen LogP contribution in [-0.2, 0) is 9.47 Å². The zero-order valence-corrected chi connectivity index (χ0v) is 9.33. The van der Waals surface area contributed by atoms with Crippen molar-refractivity contribution in [3.63, 3.8) is 0 Å². The average molecular weight is 218 g/mol. The van der Waals surface area contributed by atoms with E-state index in [9.17, 15) is 0 Å². The van der Waals surface area contributed by atoms with Crippen molar-refractivity contribution in [1.29, 1.82) is 0 Å². The molecule has 0 amide bonds. The molecule has 0 saturated heterocycles. The molecule has 2 rings (SSSR count). The highest BCUT2D eigenvalue weighted by molar-refractivity contribution is 5.89. The summed E-state index contributed by atoms with van der Waals surface area (Å²) in [5.41, 5.74) is 2.04. The van der Waals surface area contributed by atoms with Gasteiger partial charge in [0.25, 0.3) is 0 Å². The minimum absolute atomic E-state index is 0.445. The second-order valence-electron chi connectivity index (χ2n) is 3.32. The fraction of sp³-hybridized carbons (Fsp3) is 0.250. The maximum absolute atomic E-state index is 5.25. The van der Waals surface area contributed by atoms with E-state index < -0.39 is 6.41 Å². The Hall–Kier alpha value is -1.65. The van der Waals surface area contributed by atoms with Crippen molar-refractivity contribution >= 4 is 11.9 Å². The largest absolute Gasteiger partial charge is 0.338 e. The van der Waals surface area contributed by atoms with Crippen LogP contribution >= 0.6 is 0 Å². The van der Waals surface area contributed by atoms with E-state index in [0.29, 0.717) is 0 Å². The van der Waals surface area contributed by atoms with Gasteiger partial charge in [0.15, 0.2) is 0 Å². The molecule has 0 bridgehead atoms. The molecule has 0 aromatic heterocycles. The Balaban J connectivity index is 2.41. The normalized spacial score (nSPS) is 14.1. The summed E-state index contributed by atoms with van der Waals surface area (Å²) in [5.74, 6) is 0. The quantitative estimate of drug-likeness (QED) is 0.727. The van der Waals surface area contributed by atoms with E-state index in [-0.39, 0.29) is 0 Å². The Kier molecular flexibility index (Phi) is 3.34. The highest BCUT2D eigenvalue weighted by Gasteiger charge is 2.18. The van der Waals surface area contributed by atoms with E-state index in [1.807, 2.05) is 41.6 Å². The van der Waals surface area contributed by atoms with Gasteiger partial charge in [0, 0.05) is 38.4 Å². The maximum atomic E-state index is 5.25. The van der Waals surface area contributed by atoms with E-state index >= 15 is 0 Å². The molecule has 1 aliphatic rings. The fourth-order valence-corrected chi connectivity index (χ4v) is 1.65. The van der Waals surface area contributed by atoms with Gasteiger partial charge in [-0.1, -0.05) is 18.2 Å². The summed E-state index contributed by atoms with van der Waals surface area (Å²) in [5, 5.41) is 0. The standard InChI is InChI=1S/C12H14N2O2/c1-15-12(16-2)14-8-7-13-9-10-5-3-4-6-11(10)14/h3-9,12H,1-2H3. The lowest BCUT2D eigenvalue weighted by atomic mass is 10.2. The van der Waals surface area contributed by atoms with Crippen LogP contribution in [0.25, 0.3) is 0 Å². The molecule has 0 N–H and O–H groups in total. The first-order chi connectivity index (χ1) is 7.86. The lowest BCUT2D eigenvalue weighted by Crippen LogP contribution is -2.34. The van der Waals surface area contributed by atoms with Gasteiger partial charge in [-0.2, -0.15) is 0 Å². The van der Waals surface area contributed by atoms with Gasteiger partial charge in [-0.3, -0.25) is 9.89 Å². The van der Waals surface area contributed by atoms with Gasteiger partial charge in [0.05, 0.1) is 5.69 Å². The summed E-state index contributed by atoms with van der Waals surface area (Å²) in [6, 6.07) is 7.95. The number of rotatable bonds is 3. The molecule has 1 aromatic carbocycles. The first kappa shape index (κ1) is 10.9. The Morgan fingerprint density at radius 2 is 1.94 bits per heavy atom. The van der Waals surface area contributed by atoms with Crippen molar-refractivity contribution in [2.24, 2.45) is 4.99 Å². The van der Waals surface area contributed by atoms with Crippen LogP contribution in [0.4, 0.5) is 5.69 Å². The van der Waals surface area contributed by atoms with Crippen molar-refractivity contribution in [1.82, 2.24) is 0 Å². The zero-order valence-electron chi connectivity index (χ0n) is 9.33. The molecule has 0 saturated carbocycles. The minimum atomic E-state index is -0.445. The molecular weight excluding hydrogens is 204 g/mol. The van der Waals surface area contributed by atoms with Crippen LogP contribution in [0.3, 0.4) is 0 Å². The van der Waals surface area contributed by atoms with Crippen molar-refractivity contribution in [3.8, 4) is 0 Å². The summed E-state index contributed by atoms with van der Waals surface area (Å²) in [6.45, 7) is 0. The molecule has 0 unspecified atom stereocenters. The van der Waals surface area contributed by atoms with Crippen LogP contribution < -0.4 is 4.90 Å². The van der Waals surface area contributed by atoms with Crippen LogP contribution in [-0.4, -0.2) is 26.8 Å². The van der Waals surface area contributed by atoms with Gasteiger partial charge in [-0.25, -0.2) is 0 Å². The van der Waals surface area contributed by atoms with E-state index in [1.165, 1.54) is 0 Å². The average Bonchev–Trinajstić information content (AvgIpc) is 2.54. The lowest BCUT2D eigenvalue weighted by Gasteiger charge is -2.28. The number of anilines is 1. The fourth-order valence-electron chi connectivity index (χ4n) is 1.65. The summed E-state index contributed by atoms with van der Waals surface area (Å²) in [6.07, 6.45) is 4.92. The van der Waals surface area contributed by atoms with Crippen LogP contribution in [0.5, 0.6) is 0 Å².